The number of carbonyl (C=O) groups excluding carboxylic acids is 1. The second-order valence-electron chi connectivity index (χ2n) is 4.33. The number of hydrogen-bond acceptors (Lipinski definition) is 4. The number of anilines is 1. The van der Waals surface area contributed by atoms with Gasteiger partial charge in [0.15, 0.2) is 11.5 Å². The fourth-order valence-corrected chi connectivity index (χ4v) is 1.77. The molecule has 0 spiro atoms. The van der Waals surface area contributed by atoms with Crippen LogP contribution in [0.4, 0.5) is 5.69 Å². The van der Waals surface area contributed by atoms with Gasteiger partial charge in [-0.25, -0.2) is 0 Å². The zero-order chi connectivity index (χ0) is 14.5. The van der Waals surface area contributed by atoms with Gasteiger partial charge in [0.2, 0.25) is 0 Å². The highest BCUT2D eigenvalue weighted by Gasteiger charge is 2.03. The lowest BCUT2D eigenvalue weighted by Gasteiger charge is -2.08. The van der Waals surface area contributed by atoms with Crippen LogP contribution in [0.5, 0.6) is 11.5 Å². The molecule has 4 N–H and O–H groups in total. The highest BCUT2D eigenvalue weighted by atomic mass is 16.3. The van der Waals surface area contributed by atoms with Gasteiger partial charge >= 0.3 is 0 Å². The average molecular weight is 272 g/mol. The van der Waals surface area contributed by atoms with E-state index in [1.54, 1.807) is 25.2 Å². The fourth-order valence-electron chi connectivity index (χ4n) is 1.77. The van der Waals surface area contributed by atoms with Gasteiger partial charge in [-0.1, -0.05) is 6.07 Å². The van der Waals surface area contributed by atoms with Gasteiger partial charge in [0.1, 0.15) is 0 Å². The Kier molecular flexibility index (Phi) is 4.10. The maximum atomic E-state index is 11.4. The molecule has 2 aromatic carbocycles. The molecule has 104 valence electrons. The van der Waals surface area contributed by atoms with Crippen molar-refractivity contribution in [3.8, 4) is 11.5 Å². The molecule has 0 fully saturated rings. The summed E-state index contributed by atoms with van der Waals surface area (Å²) < 4.78 is 0. The molecule has 0 aromatic heterocycles. The molecule has 0 bridgehead atoms. The standard InChI is InChI=1S/C15H16N2O3/c1-16-15(20)11-3-5-12(6-4-11)17-9-10-2-7-13(18)14(19)8-10/h2-8,17-19H,9H2,1H3,(H,16,20). The number of aromatic hydroxyl groups is 2. The molecule has 0 heterocycles. The monoisotopic (exact) mass is 272 g/mol. The van der Waals surface area contributed by atoms with Crippen molar-refractivity contribution < 1.29 is 15.0 Å². The normalized spacial score (nSPS) is 10.1. The maximum Gasteiger partial charge on any atom is 0.251 e. The van der Waals surface area contributed by atoms with E-state index in [-0.39, 0.29) is 17.4 Å². The summed E-state index contributed by atoms with van der Waals surface area (Å²) in [6, 6.07) is 11.8. The summed E-state index contributed by atoms with van der Waals surface area (Å²) in [6.45, 7) is 0.507. The fraction of sp³-hybridized carbons (Fsp3) is 0.133. The first kappa shape index (κ1) is 13.7. The molecule has 0 aliphatic rings. The smallest absolute Gasteiger partial charge is 0.251 e. The lowest BCUT2D eigenvalue weighted by atomic mass is 10.1. The van der Waals surface area contributed by atoms with Crippen LogP contribution in [0, 0.1) is 0 Å². The Hall–Kier alpha value is -2.69. The van der Waals surface area contributed by atoms with E-state index in [0.29, 0.717) is 12.1 Å². The summed E-state index contributed by atoms with van der Waals surface area (Å²) in [4.78, 5) is 11.4. The minimum Gasteiger partial charge on any atom is -0.504 e. The number of carbonyl (C=O) groups is 1. The number of phenolic OH excluding ortho intramolecular Hbond substituents is 2. The number of benzene rings is 2. The first-order valence-electron chi connectivity index (χ1n) is 6.17. The van der Waals surface area contributed by atoms with E-state index in [4.69, 9.17) is 0 Å². The van der Waals surface area contributed by atoms with Crippen LogP contribution in [0.1, 0.15) is 15.9 Å². The molecular formula is C15H16N2O3. The molecule has 5 nitrogen and oxygen atoms in total. The van der Waals surface area contributed by atoms with Crippen molar-refractivity contribution in [2.75, 3.05) is 12.4 Å². The largest absolute Gasteiger partial charge is 0.504 e. The minimum atomic E-state index is -0.140. The summed E-state index contributed by atoms with van der Waals surface area (Å²) in [5.41, 5.74) is 2.31. The van der Waals surface area contributed by atoms with E-state index < -0.39 is 0 Å². The molecule has 0 aliphatic carbocycles. The van der Waals surface area contributed by atoms with Gasteiger partial charge in [0.25, 0.3) is 5.91 Å². The molecular weight excluding hydrogens is 256 g/mol. The topological polar surface area (TPSA) is 81.6 Å². The zero-order valence-corrected chi connectivity index (χ0v) is 11.1. The molecule has 20 heavy (non-hydrogen) atoms. The Labute approximate surface area is 116 Å². The maximum absolute atomic E-state index is 11.4. The second-order valence-corrected chi connectivity index (χ2v) is 4.33. The van der Waals surface area contributed by atoms with Crippen molar-refractivity contribution >= 4 is 11.6 Å². The number of amides is 1. The zero-order valence-electron chi connectivity index (χ0n) is 11.1. The van der Waals surface area contributed by atoms with Crippen LogP contribution in [0.15, 0.2) is 42.5 Å². The highest BCUT2D eigenvalue weighted by molar-refractivity contribution is 5.94. The SMILES string of the molecule is CNC(=O)c1ccc(NCc2ccc(O)c(O)c2)cc1. The molecule has 2 aromatic rings. The molecule has 5 heteroatoms. The van der Waals surface area contributed by atoms with E-state index >= 15 is 0 Å². The molecule has 0 radical (unpaired) electrons. The van der Waals surface area contributed by atoms with Gasteiger partial charge in [0, 0.05) is 24.8 Å². The third-order valence-corrected chi connectivity index (χ3v) is 2.91. The van der Waals surface area contributed by atoms with Gasteiger partial charge in [-0.15, -0.1) is 0 Å². The van der Waals surface area contributed by atoms with Crippen molar-refractivity contribution in [1.82, 2.24) is 5.32 Å². The number of hydrogen-bond donors (Lipinski definition) is 4. The van der Waals surface area contributed by atoms with Crippen molar-refractivity contribution in [3.63, 3.8) is 0 Å². The molecule has 0 saturated heterocycles. The number of phenols is 2. The third kappa shape index (κ3) is 3.20. The van der Waals surface area contributed by atoms with E-state index in [1.165, 1.54) is 12.1 Å². The van der Waals surface area contributed by atoms with Gasteiger partial charge < -0.3 is 20.8 Å². The Morgan fingerprint density at radius 1 is 1.05 bits per heavy atom. The van der Waals surface area contributed by atoms with Crippen LogP contribution >= 0.6 is 0 Å². The van der Waals surface area contributed by atoms with Gasteiger partial charge in [-0.3, -0.25) is 4.79 Å². The number of nitrogens with one attached hydrogen (secondary N) is 2. The average Bonchev–Trinajstić information content (AvgIpc) is 2.48. The molecule has 0 unspecified atom stereocenters. The lowest BCUT2D eigenvalue weighted by Crippen LogP contribution is -2.17. The predicted octanol–water partition coefficient (Wildman–Crippen LogP) is 2.07. The minimum absolute atomic E-state index is 0.125. The molecule has 0 aliphatic heterocycles. The van der Waals surface area contributed by atoms with Crippen LogP contribution in [0.2, 0.25) is 0 Å². The van der Waals surface area contributed by atoms with E-state index in [0.717, 1.165) is 11.3 Å². The Bertz CT molecular complexity index is 609. The summed E-state index contributed by atoms with van der Waals surface area (Å²) >= 11 is 0. The molecule has 0 atom stereocenters. The summed E-state index contributed by atoms with van der Waals surface area (Å²) in [5.74, 6) is -0.400. The van der Waals surface area contributed by atoms with Crippen LogP contribution in [-0.4, -0.2) is 23.2 Å². The van der Waals surface area contributed by atoms with E-state index in [9.17, 15) is 15.0 Å². The first-order chi connectivity index (χ1) is 9.60. The lowest BCUT2D eigenvalue weighted by molar-refractivity contribution is 0.0963. The van der Waals surface area contributed by atoms with Crippen molar-refractivity contribution in [3.05, 3.63) is 53.6 Å². The Balaban J connectivity index is 2.00. The van der Waals surface area contributed by atoms with Crippen LogP contribution in [0.25, 0.3) is 0 Å². The second kappa shape index (κ2) is 5.97. The quantitative estimate of drug-likeness (QED) is 0.642. The van der Waals surface area contributed by atoms with Gasteiger partial charge in [0.05, 0.1) is 0 Å². The summed E-state index contributed by atoms with van der Waals surface area (Å²) in [6.07, 6.45) is 0. The highest BCUT2D eigenvalue weighted by Crippen LogP contribution is 2.25. The van der Waals surface area contributed by atoms with Gasteiger partial charge in [-0.2, -0.15) is 0 Å². The number of rotatable bonds is 4. The third-order valence-electron chi connectivity index (χ3n) is 2.91. The predicted molar refractivity (Wildman–Crippen MR) is 76.9 cm³/mol. The summed E-state index contributed by atoms with van der Waals surface area (Å²) in [7, 11) is 1.59. The Morgan fingerprint density at radius 3 is 2.35 bits per heavy atom. The van der Waals surface area contributed by atoms with E-state index in [2.05, 4.69) is 10.6 Å². The van der Waals surface area contributed by atoms with Crippen LogP contribution in [0.3, 0.4) is 0 Å². The van der Waals surface area contributed by atoms with Crippen LogP contribution < -0.4 is 10.6 Å². The Morgan fingerprint density at radius 2 is 1.75 bits per heavy atom. The van der Waals surface area contributed by atoms with Crippen molar-refractivity contribution in [2.24, 2.45) is 0 Å². The summed E-state index contributed by atoms with van der Waals surface area (Å²) in [5, 5.41) is 24.4. The molecule has 2 rings (SSSR count). The van der Waals surface area contributed by atoms with Crippen molar-refractivity contribution in [2.45, 2.75) is 6.54 Å². The first-order valence-corrected chi connectivity index (χ1v) is 6.17. The van der Waals surface area contributed by atoms with Gasteiger partial charge in [-0.05, 0) is 42.0 Å². The molecule has 0 saturated carbocycles. The van der Waals surface area contributed by atoms with Crippen LogP contribution in [-0.2, 0) is 6.54 Å². The van der Waals surface area contributed by atoms with Crippen molar-refractivity contribution in [1.29, 1.82) is 0 Å². The van der Waals surface area contributed by atoms with E-state index in [1.807, 2.05) is 12.1 Å². The molecule has 1 amide bonds.